The van der Waals surface area contributed by atoms with Gasteiger partial charge in [-0.05, 0) is 23.8 Å². The van der Waals surface area contributed by atoms with E-state index in [0.717, 1.165) is 12.1 Å². The van der Waals surface area contributed by atoms with Gasteiger partial charge < -0.3 is 15.0 Å². The fourth-order valence-corrected chi connectivity index (χ4v) is 4.20. The van der Waals surface area contributed by atoms with E-state index in [-0.39, 0.29) is 22.4 Å². The lowest BCUT2D eigenvalue weighted by Crippen LogP contribution is -2.49. The van der Waals surface area contributed by atoms with Crippen LogP contribution in [-0.2, 0) is 11.8 Å². The van der Waals surface area contributed by atoms with Crippen LogP contribution in [0.2, 0.25) is 0 Å². The lowest BCUT2D eigenvalue weighted by atomic mass is 9.79. The highest BCUT2D eigenvalue weighted by Crippen LogP contribution is 2.44. The maximum Gasteiger partial charge on any atom is 0.573 e. The minimum atomic E-state index is -4.96. The lowest BCUT2D eigenvalue weighted by molar-refractivity contribution is -0.274. The Morgan fingerprint density at radius 3 is 2.44 bits per heavy atom. The van der Waals surface area contributed by atoms with E-state index in [1.54, 1.807) is 0 Å². The van der Waals surface area contributed by atoms with Crippen molar-refractivity contribution in [2.24, 2.45) is 7.05 Å². The summed E-state index contributed by atoms with van der Waals surface area (Å²) in [4.78, 5) is 27.2. The molecule has 1 N–H and O–H groups in total. The molecule has 1 aliphatic rings. The van der Waals surface area contributed by atoms with E-state index in [2.05, 4.69) is 15.2 Å². The van der Waals surface area contributed by atoms with Crippen molar-refractivity contribution in [2.45, 2.75) is 24.5 Å². The molecular weight excluding hydrogens is 494 g/mol. The van der Waals surface area contributed by atoms with Crippen molar-refractivity contribution < 1.29 is 40.7 Å². The smallest absolute Gasteiger partial charge is 0.406 e. The van der Waals surface area contributed by atoms with Gasteiger partial charge >= 0.3 is 12.5 Å². The Labute approximate surface area is 200 Å². The summed E-state index contributed by atoms with van der Waals surface area (Å²) in [6.07, 6.45) is -7.08. The number of amides is 2. The molecule has 0 fully saturated rings. The van der Waals surface area contributed by atoms with Crippen LogP contribution in [0.15, 0.2) is 60.9 Å². The van der Waals surface area contributed by atoms with E-state index >= 15 is 0 Å². The highest BCUT2D eigenvalue weighted by Gasteiger charge is 2.48. The molecule has 13 heteroatoms. The third-order valence-corrected chi connectivity index (χ3v) is 5.47. The van der Waals surface area contributed by atoms with Crippen LogP contribution in [0.4, 0.5) is 32.0 Å². The first-order chi connectivity index (χ1) is 16.8. The van der Waals surface area contributed by atoms with Crippen LogP contribution in [0.3, 0.4) is 0 Å². The van der Waals surface area contributed by atoms with Crippen molar-refractivity contribution in [3.05, 3.63) is 77.6 Å². The van der Waals surface area contributed by atoms with E-state index < -0.39 is 48.6 Å². The first-order valence-electron chi connectivity index (χ1n) is 10.4. The Hall–Kier alpha value is -4.03. The Morgan fingerprint density at radius 1 is 1.08 bits per heavy atom. The van der Waals surface area contributed by atoms with Gasteiger partial charge in [0.2, 0.25) is 5.91 Å². The molecule has 7 nitrogen and oxygen atoms in total. The summed E-state index contributed by atoms with van der Waals surface area (Å²) in [5.74, 6) is -3.68. The standard InChI is InChI=1S/C23H18F6N4O3/c1-32-11-13(10-30-32)19-18(20(34)31-14-5-4-6-15(9-14)36-23(27,28)29)16-7-2-3-8-17(16)21(35)33(19)12-22(24,25)26/h2-11,18-19H,12H2,1H3,(H,31,34)/t18-,19+/m1/s1. The number of aromatic nitrogens is 2. The Morgan fingerprint density at radius 2 is 1.81 bits per heavy atom. The molecule has 0 aliphatic carbocycles. The number of ether oxygens (including phenoxy) is 1. The summed E-state index contributed by atoms with van der Waals surface area (Å²) >= 11 is 0. The number of fused-ring (bicyclic) bond motifs is 1. The number of anilines is 1. The Balaban J connectivity index is 1.78. The molecular formula is C23H18F6N4O3. The van der Waals surface area contributed by atoms with Gasteiger partial charge in [-0.1, -0.05) is 24.3 Å². The topological polar surface area (TPSA) is 76.5 Å². The van der Waals surface area contributed by atoms with E-state index in [9.17, 15) is 35.9 Å². The molecule has 0 bridgehead atoms. The molecule has 0 unspecified atom stereocenters. The van der Waals surface area contributed by atoms with Crippen LogP contribution in [0.5, 0.6) is 5.75 Å². The minimum Gasteiger partial charge on any atom is -0.406 e. The van der Waals surface area contributed by atoms with Gasteiger partial charge in [0, 0.05) is 36.1 Å². The number of hydrogen-bond donors (Lipinski definition) is 1. The zero-order valence-electron chi connectivity index (χ0n) is 18.5. The molecule has 3 aromatic rings. The van der Waals surface area contributed by atoms with Gasteiger partial charge in [-0.3, -0.25) is 14.3 Å². The third kappa shape index (κ3) is 5.44. The molecule has 190 valence electrons. The fraction of sp³-hybridized carbons (Fsp3) is 0.261. The number of nitrogens with one attached hydrogen (secondary N) is 1. The monoisotopic (exact) mass is 512 g/mol. The highest BCUT2D eigenvalue weighted by atomic mass is 19.4. The van der Waals surface area contributed by atoms with Gasteiger partial charge in [-0.15, -0.1) is 13.2 Å². The predicted octanol–water partition coefficient (Wildman–Crippen LogP) is 4.80. The Kier molecular flexibility index (Phi) is 6.41. The van der Waals surface area contributed by atoms with Gasteiger partial charge in [-0.25, -0.2) is 0 Å². The van der Waals surface area contributed by atoms with E-state index in [1.807, 2.05) is 0 Å². The van der Waals surface area contributed by atoms with Gasteiger partial charge in [0.1, 0.15) is 12.3 Å². The van der Waals surface area contributed by atoms with Crippen molar-refractivity contribution in [2.75, 3.05) is 11.9 Å². The average molecular weight is 512 g/mol. The molecule has 0 saturated carbocycles. The number of halogens is 6. The summed E-state index contributed by atoms with van der Waals surface area (Å²) in [6, 6.07) is 8.84. The molecule has 36 heavy (non-hydrogen) atoms. The minimum absolute atomic E-state index is 0.0801. The molecule has 2 aromatic carbocycles. The molecule has 0 radical (unpaired) electrons. The van der Waals surface area contributed by atoms with Crippen LogP contribution in [0.25, 0.3) is 0 Å². The lowest BCUT2D eigenvalue weighted by Gasteiger charge is -2.41. The van der Waals surface area contributed by atoms with Crippen LogP contribution in [0, 0.1) is 0 Å². The zero-order valence-corrected chi connectivity index (χ0v) is 18.5. The van der Waals surface area contributed by atoms with Crippen LogP contribution < -0.4 is 10.1 Å². The first-order valence-corrected chi connectivity index (χ1v) is 10.4. The maximum absolute atomic E-state index is 13.5. The van der Waals surface area contributed by atoms with Gasteiger partial charge in [0.15, 0.2) is 0 Å². The van der Waals surface area contributed by atoms with Crippen LogP contribution in [-0.4, -0.2) is 45.6 Å². The second-order valence-corrected chi connectivity index (χ2v) is 8.07. The highest BCUT2D eigenvalue weighted by molar-refractivity contribution is 6.04. The number of carbonyl (C=O) groups is 2. The summed E-state index contributed by atoms with van der Waals surface area (Å²) in [7, 11) is 1.53. The third-order valence-electron chi connectivity index (χ3n) is 5.47. The van der Waals surface area contributed by atoms with Crippen molar-refractivity contribution in [1.29, 1.82) is 0 Å². The van der Waals surface area contributed by atoms with Gasteiger partial charge in [0.05, 0.1) is 18.2 Å². The summed E-state index contributed by atoms with van der Waals surface area (Å²) in [5.41, 5.74) is 0.188. The molecule has 0 spiro atoms. The molecule has 2 heterocycles. The van der Waals surface area contributed by atoms with Crippen molar-refractivity contribution in [3.8, 4) is 5.75 Å². The van der Waals surface area contributed by atoms with Crippen LogP contribution >= 0.6 is 0 Å². The first kappa shape index (κ1) is 25.1. The average Bonchev–Trinajstić information content (AvgIpc) is 3.19. The van der Waals surface area contributed by atoms with Crippen molar-refractivity contribution in [1.82, 2.24) is 14.7 Å². The summed E-state index contributed by atoms with van der Waals surface area (Å²) in [5, 5.41) is 6.42. The number of hydrogen-bond acceptors (Lipinski definition) is 4. The SMILES string of the molecule is Cn1cc([C@H]2[C@H](C(=O)Nc3cccc(OC(F)(F)F)c3)c3ccccc3C(=O)N2CC(F)(F)F)cn1. The number of benzene rings is 2. The van der Waals surface area contributed by atoms with Gasteiger partial charge in [-0.2, -0.15) is 18.3 Å². The fourth-order valence-electron chi connectivity index (χ4n) is 4.20. The van der Waals surface area contributed by atoms with Crippen molar-refractivity contribution in [3.63, 3.8) is 0 Å². The molecule has 2 amide bonds. The number of aryl methyl sites for hydroxylation is 1. The molecule has 4 rings (SSSR count). The largest absolute Gasteiger partial charge is 0.573 e. The van der Waals surface area contributed by atoms with E-state index in [4.69, 9.17) is 0 Å². The summed E-state index contributed by atoms with van der Waals surface area (Å²) < 4.78 is 83.5. The normalized spacial score (nSPS) is 18.1. The number of alkyl halides is 6. The quantitative estimate of drug-likeness (QED) is 0.499. The molecule has 2 atom stereocenters. The van der Waals surface area contributed by atoms with Gasteiger partial charge in [0.25, 0.3) is 5.91 Å². The number of rotatable bonds is 5. The second kappa shape index (κ2) is 9.21. The summed E-state index contributed by atoms with van der Waals surface area (Å²) in [6.45, 7) is -1.63. The van der Waals surface area contributed by atoms with E-state index in [0.29, 0.717) is 4.90 Å². The number of nitrogens with zero attached hydrogens (tertiary/aromatic N) is 3. The zero-order chi connectivity index (χ0) is 26.3. The molecule has 1 aliphatic heterocycles. The van der Waals surface area contributed by atoms with Crippen LogP contribution in [0.1, 0.15) is 33.4 Å². The predicted molar refractivity (Wildman–Crippen MR) is 114 cm³/mol. The molecule has 1 aromatic heterocycles. The second-order valence-electron chi connectivity index (χ2n) is 8.07. The number of carbonyl (C=O) groups excluding carboxylic acids is 2. The Bertz CT molecular complexity index is 1290. The molecule has 0 saturated heterocycles. The van der Waals surface area contributed by atoms with Crippen molar-refractivity contribution >= 4 is 17.5 Å². The maximum atomic E-state index is 13.5. The van der Waals surface area contributed by atoms with E-state index in [1.165, 1.54) is 60.5 Å².